The van der Waals surface area contributed by atoms with Gasteiger partial charge in [-0.1, -0.05) is 6.92 Å². The largest absolute Gasteiger partial charge is 0.465 e. The third-order valence-corrected chi connectivity index (χ3v) is 4.87. The van der Waals surface area contributed by atoms with Crippen LogP contribution in [0.4, 0.5) is 11.4 Å². The highest BCUT2D eigenvalue weighted by atomic mass is 16.5. The van der Waals surface area contributed by atoms with Gasteiger partial charge in [0.25, 0.3) is 5.91 Å². The van der Waals surface area contributed by atoms with E-state index in [1.54, 1.807) is 23.1 Å². The molecule has 1 N–H and O–H groups in total. The standard InChI is InChI=1S/C22H22N2O6/c1-4-19(25)24-8-7-13-9-14(5-6-18(13)24)20(26)23-17-11-15(21(27)29-2)10-16(12-17)22(28)30-3/h5-6,9-12H,4,7-8H2,1-3H3,(H,23,26). The number of methoxy groups -OCH3 is 2. The normalized spacial score (nSPS) is 12.2. The summed E-state index contributed by atoms with van der Waals surface area (Å²) in [5.74, 6) is -1.65. The molecule has 2 aromatic carbocycles. The fraction of sp³-hybridized carbons (Fsp3) is 0.273. The molecule has 0 aromatic heterocycles. The minimum absolute atomic E-state index is 0.0425. The molecule has 0 saturated heterocycles. The molecule has 1 heterocycles. The number of nitrogens with one attached hydrogen (secondary N) is 1. The lowest BCUT2D eigenvalue weighted by atomic mass is 10.1. The number of carbonyl (C=O) groups is 4. The van der Waals surface area contributed by atoms with Crippen LogP contribution >= 0.6 is 0 Å². The van der Waals surface area contributed by atoms with E-state index >= 15 is 0 Å². The maximum Gasteiger partial charge on any atom is 0.337 e. The van der Waals surface area contributed by atoms with Crippen LogP contribution in [0.3, 0.4) is 0 Å². The van der Waals surface area contributed by atoms with E-state index in [4.69, 9.17) is 9.47 Å². The van der Waals surface area contributed by atoms with Gasteiger partial charge in [0.05, 0.1) is 25.3 Å². The first kappa shape index (κ1) is 21.0. The lowest BCUT2D eigenvalue weighted by molar-refractivity contribution is -0.118. The number of nitrogens with zero attached hydrogens (tertiary/aromatic N) is 1. The zero-order chi connectivity index (χ0) is 21.8. The van der Waals surface area contributed by atoms with E-state index in [0.717, 1.165) is 11.3 Å². The van der Waals surface area contributed by atoms with Crippen molar-refractivity contribution in [2.45, 2.75) is 19.8 Å². The van der Waals surface area contributed by atoms with Crippen LogP contribution in [0.2, 0.25) is 0 Å². The minimum atomic E-state index is -0.644. The quantitative estimate of drug-likeness (QED) is 0.761. The first-order valence-electron chi connectivity index (χ1n) is 9.44. The molecular weight excluding hydrogens is 388 g/mol. The van der Waals surface area contributed by atoms with Crippen molar-refractivity contribution in [3.63, 3.8) is 0 Å². The molecule has 0 atom stereocenters. The van der Waals surface area contributed by atoms with E-state index in [-0.39, 0.29) is 22.7 Å². The van der Waals surface area contributed by atoms with Crippen LogP contribution in [0.15, 0.2) is 36.4 Å². The Bertz CT molecular complexity index is 996. The first-order chi connectivity index (χ1) is 14.4. The number of hydrogen-bond acceptors (Lipinski definition) is 6. The zero-order valence-electron chi connectivity index (χ0n) is 17.0. The Morgan fingerprint density at radius 3 is 2.13 bits per heavy atom. The molecule has 156 valence electrons. The molecule has 0 radical (unpaired) electrons. The van der Waals surface area contributed by atoms with Gasteiger partial charge in [0.15, 0.2) is 0 Å². The average Bonchev–Trinajstić information content (AvgIpc) is 3.20. The Morgan fingerprint density at radius 2 is 1.57 bits per heavy atom. The summed E-state index contributed by atoms with van der Waals surface area (Å²) in [7, 11) is 2.45. The molecular formula is C22H22N2O6. The van der Waals surface area contributed by atoms with Crippen molar-refractivity contribution in [2.24, 2.45) is 0 Å². The molecule has 0 saturated carbocycles. The molecule has 8 nitrogen and oxygen atoms in total. The van der Waals surface area contributed by atoms with Crippen LogP contribution < -0.4 is 10.2 Å². The van der Waals surface area contributed by atoms with Crippen LogP contribution in [0, 0.1) is 0 Å². The summed E-state index contributed by atoms with van der Waals surface area (Å²) in [6, 6.07) is 9.33. The average molecular weight is 410 g/mol. The summed E-state index contributed by atoms with van der Waals surface area (Å²) >= 11 is 0. The Kier molecular flexibility index (Phi) is 6.15. The molecule has 3 rings (SSSR count). The van der Waals surface area contributed by atoms with Crippen LogP contribution in [-0.4, -0.2) is 44.5 Å². The SMILES string of the molecule is CCC(=O)N1CCc2cc(C(=O)Nc3cc(C(=O)OC)cc(C(=O)OC)c3)ccc21. The molecule has 0 unspecified atom stereocenters. The fourth-order valence-electron chi connectivity index (χ4n) is 3.37. The monoisotopic (exact) mass is 410 g/mol. The molecule has 30 heavy (non-hydrogen) atoms. The molecule has 0 fully saturated rings. The highest BCUT2D eigenvalue weighted by Crippen LogP contribution is 2.29. The van der Waals surface area contributed by atoms with Gasteiger partial charge in [-0.15, -0.1) is 0 Å². The second-order valence-electron chi connectivity index (χ2n) is 6.73. The molecule has 1 aliphatic rings. The molecule has 0 bridgehead atoms. The summed E-state index contributed by atoms with van der Waals surface area (Å²) in [5.41, 5.74) is 2.62. The second-order valence-corrected chi connectivity index (χ2v) is 6.73. The predicted octanol–water partition coefficient (Wildman–Crippen LogP) is 2.81. The van der Waals surface area contributed by atoms with Gasteiger partial charge in [0.2, 0.25) is 5.91 Å². The number of anilines is 2. The molecule has 0 aliphatic carbocycles. The maximum atomic E-state index is 12.8. The highest BCUT2D eigenvalue weighted by Gasteiger charge is 2.24. The lowest BCUT2D eigenvalue weighted by Crippen LogP contribution is -2.27. The van der Waals surface area contributed by atoms with Crippen molar-refractivity contribution in [3.05, 3.63) is 58.7 Å². The Morgan fingerprint density at radius 1 is 0.933 bits per heavy atom. The molecule has 2 amide bonds. The van der Waals surface area contributed by atoms with Crippen LogP contribution in [-0.2, 0) is 20.7 Å². The summed E-state index contributed by atoms with van der Waals surface area (Å²) in [4.78, 5) is 50.3. The van der Waals surface area contributed by atoms with Gasteiger partial charge in [-0.25, -0.2) is 9.59 Å². The number of ether oxygens (including phenoxy) is 2. The van der Waals surface area contributed by atoms with Crippen LogP contribution in [0.5, 0.6) is 0 Å². The van der Waals surface area contributed by atoms with Gasteiger partial charge in [-0.3, -0.25) is 9.59 Å². The summed E-state index contributed by atoms with van der Waals surface area (Å²) in [6.45, 7) is 2.41. The Balaban J connectivity index is 1.86. The lowest BCUT2D eigenvalue weighted by Gasteiger charge is -2.16. The highest BCUT2D eigenvalue weighted by molar-refractivity contribution is 6.07. The first-order valence-corrected chi connectivity index (χ1v) is 9.44. The number of fused-ring (bicyclic) bond motifs is 1. The van der Waals surface area contributed by atoms with E-state index in [9.17, 15) is 19.2 Å². The molecule has 0 spiro atoms. The van der Waals surface area contributed by atoms with Gasteiger partial charge in [-0.2, -0.15) is 0 Å². The van der Waals surface area contributed by atoms with Gasteiger partial charge in [-0.05, 0) is 48.4 Å². The van der Waals surface area contributed by atoms with Crippen molar-refractivity contribution >= 4 is 35.1 Å². The number of benzene rings is 2. The zero-order valence-corrected chi connectivity index (χ0v) is 17.0. The van der Waals surface area contributed by atoms with Crippen molar-refractivity contribution < 1.29 is 28.7 Å². The molecule has 8 heteroatoms. The van der Waals surface area contributed by atoms with Gasteiger partial charge >= 0.3 is 11.9 Å². The number of rotatable bonds is 5. The van der Waals surface area contributed by atoms with Crippen molar-refractivity contribution in [1.29, 1.82) is 0 Å². The number of amides is 2. The predicted molar refractivity (Wildman–Crippen MR) is 110 cm³/mol. The Hall–Kier alpha value is -3.68. The summed E-state index contributed by atoms with van der Waals surface area (Å²) in [6.07, 6.45) is 1.09. The Labute approximate surface area is 173 Å². The third kappa shape index (κ3) is 4.17. The molecule has 1 aliphatic heterocycles. The maximum absolute atomic E-state index is 12.8. The number of carbonyl (C=O) groups excluding carboxylic acids is 4. The fourth-order valence-corrected chi connectivity index (χ4v) is 3.37. The van der Waals surface area contributed by atoms with E-state index in [1.165, 1.54) is 32.4 Å². The van der Waals surface area contributed by atoms with Crippen LogP contribution in [0.25, 0.3) is 0 Å². The summed E-state index contributed by atoms with van der Waals surface area (Å²) in [5, 5.41) is 2.70. The van der Waals surface area contributed by atoms with Crippen molar-refractivity contribution in [2.75, 3.05) is 31.0 Å². The van der Waals surface area contributed by atoms with E-state index in [1.807, 2.05) is 6.92 Å². The second kappa shape index (κ2) is 8.77. The minimum Gasteiger partial charge on any atom is -0.465 e. The van der Waals surface area contributed by atoms with Crippen molar-refractivity contribution in [3.8, 4) is 0 Å². The number of esters is 2. The van der Waals surface area contributed by atoms with E-state index in [2.05, 4.69) is 5.32 Å². The van der Waals surface area contributed by atoms with E-state index < -0.39 is 17.8 Å². The third-order valence-electron chi connectivity index (χ3n) is 4.87. The summed E-state index contributed by atoms with van der Waals surface area (Å²) < 4.78 is 9.40. The topological polar surface area (TPSA) is 102 Å². The molecule has 2 aromatic rings. The smallest absolute Gasteiger partial charge is 0.337 e. The van der Waals surface area contributed by atoms with Crippen molar-refractivity contribution in [1.82, 2.24) is 0 Å². The van der Waals surface area contributed by atoms with Gasteiger partial charge < -0.3 is 19.7 Å². The van der Waals surface area contributed by atoms with E-state index in [0.29, 0.717) is 24.9 Å². The van der Waals surface area contributed by atoms with Gasteiger partial charge in [0.1, 0.15) is 0 Å². The number of hydrogen-bond donors (Lipinski definition) is 1. The van der Waals surface area contributed by atoms with Crippen LogP contribution in [0.1, 0.15) is 50.0 Å². The van der Waals surface area contributed by atoms with Gasteiger partial charge in [0, 0.05) is 29.9 Å².